The minimum Gasteiger partial charge on any atom is -0.489 e. The maximum absolute atomic E-state index is 12.4. The number of nitrogens with one attached hydrogen (secondary N) is 1. The predicted octanol–water partition coefficient (Wildman–Crippen LogP) is 3.72. The molecular weight excluding hydrogens is 255 g/mol. The van der Waals surface area contributed by atoms with Crippen LogP contribution in [0.2, 0.25) is 0 Å². The highest BCUT2D eigenvalue weighted by atomic mass is 19.4. The summed E-state index contributed by atoms with van der Waals surface area (Å²) in [5.41, 5.74) is -0.660. The first-order valence-corrected chi connectivity index (χ1v) is 6.39. The molecule has 0 heterocycles. The van der Waals surface area contributed by atoms with E-state index in [0.29, 0.717) is 12.3 Å². The summed E-state index contributed by atoms with van der Waals surface area (Å²) in [6.45, 7) is 7.54. The fourth-order valence-electron chi connectivity index (χ4n) is 1.60. The van der Waals surface area contributed by atoms with E-state index in [0.717, 1.165) is 18.7 Å². The number of rotatable bonds is 6. The number of ether oxygens (including phenoxy) is 1. The zero-order valence-electron chi connectivity index (χ0n) is 11.4. The van der Waals surface area contributed by atoms with Gasteiger partial charge in [-0.15, -0.1) is 0 Å². The molecule has 0 radical (unpaired) electrons. The van der Waals surface area contributed by atoms with Crippen molar-refractivity contribution in [3.8, 4) is 5.75 Å². The van der Waals surface area contributed by atoms with Crippen LogP contribution in [0.15, 0.2) is 24.3 Å². The van der Waals surface area contributed by atoms with Crippen molar-refractivity contribution in [1.29, 1.82) is 0 Å². The molecule has 1 rings (SSSR count). The highest BCUT2D eigenvalue weighted by Gasteiger charge is 2.30. The summed E-state index contributed by atoms with van der Waals surface area (Å²) in [7, 11) is 0. The third kappa shape index (κ3) is 5.11. The average Bonchev–Trinajstić information content (AvgIpc) is 2.33. The molecule has 108 valence electrons. The van der Waals surface area contributed by atoms with Crippen LogP contribution in [0.1, 0.15) is 26.3 Å². The van der Waals surface area contributed by atoms with Gasteiger partial charge in [-0.05, 0) is 36.7 Å². The molecule has 0 aliphatic carbocycles. The maximum atomic E-state index is 12.4. The Balaban J connectivity index is 2.69. The van der Waals surface area contributed by atoms with E-state index < -0.39 is 11.7 Å². The molecule has 1 atom stereocenters. The number of benzene rings is 1. The average molecular weight is 275 g/mol. The van der Waals surface area contributed by atoms with Crippen LogP contribution in [-0.4, -0.2) is 19.2 Å². The number of halogens is 3. The SMILES string of the molecule is CCNCC(Oc1ccc(C(F)(F)F)cc1)C(C)C. The topological polar surface area (TPSA) is 21.3 Å². The second kappa shape index (κ2) is 6.80. The van der Waals surface area contributed by atoms with E-state index >= 15 is 0 Å². The molecule has 0 spiro atoms. The van der Waals surface area contributed by atoms with E-state index in [4.69, 9.17) is 4.74 Å². The lowest BCUT2D eigenvalue weighted by atomic mass is 10.1. The third-order valence-corrected chi connectivity index (χ3v) is 2.81. The van der Waals surface area contributed by atoms with Gasteiger partial charge in [-0.25, -0.2) is 0 Å². The van der Waals surface area contributed by atoms with Crippen molar-refractivity contribution in [2.24, 2.45) is 5.92 Å². The Morgan fingerprint density at radius 2 is 1.74 bits per heavy atom. The van der Waals surface area contributed by atoms with Crippen LogP contribution in [0.3, 0.4) is 0 Å². The van der Waals surface area contributed by atoms with Crippen LogP contribution >= 0.6 is 0 Å². The number of hydrogen-bond donors (Lipinski definition) is 1. The molecule has 2 nitrogen and oxygen atoms in total. The molecule has 0 bridgehead atoms. The van der Waals surface area contributed by atoms with Crippen molar-refractivity contribution < 1.29 is 17.9 Å². The smallest absolute Gasteiger partial charge is 0.416 e. The molecule has 19 heavy (non-hydrogen) atoms. The standard InChI is InChI=1S/C14H20F3NO/c1-4-18-9-13(10(2)3)19-12-7-5-11(6-8-12)14(15,16)17/h5-8,10,13,18H,4,9H2,1-3H3. The summed E-state index contributed by atoms with van der Waals surface area (Å²) in [6.07, 6.45) is -4.36. The maximum Gasteiger partial charge on any atom is 0.416 e. The monoisotopic (exact) mass is 275 g/mol. The van der Waals surface area contributed by atoms with Crippen molar-refractivity contribution in [3.05, 3.63) is 29.8 Å². The second-order valence-electron chi connectivity index (χ2n) is 4.73. The first-order chi connectivity index (χ1) is 8.84. The van der Waals surface area contributed by atoms with Gasteiger partial charge in [0, 0.05) is 6.54 Å². The predicted molar refractivity (Wildman–Crippen MR) is 69.2 cm³/mol. The molecule has 0 aliphatic rings. The highest BCUT2D eigenvalue weighted by molar-refractivity contribution is 5.29. The van der Waals surface area contributed by atoms with Crippen LogP contribution < -0.4 is 10.1 Å². The fourth-order valence-corrected chi connectivity index (χ4v) is 1.60. The molecule has 1 N–H and O–H groups in total. The van der Waals surface area contributed by atoms with Gasteiger partial charge in [0.05, 0.1) is 5.56 Å². The van der Waals surface area contributed by atoms with Gasteiger partial charge in [-0.2, -0.15) is 13.2 Å². The van der Waals surface area contributed by atoms with Gasteiger partial charge in [0.1, 0.15) is 11.9 Å². The molecule has 1 unspecified atom stereocenters. The zero-order valence-corrected chi connectivity index (χ0v) is 11.4. The van der Waals surface area contributed by atoms with Crippen LogP contribution in [0.5, 0.6) is 5.75 Å². The van der Waals surface area contributed by atoms with Gasteiger partial charge < -0.3 is 10.1 Å². The fraction of sp³-hybridized carbons (Fsp3) is 0.571. The highest BCUT2D eigenvalue weighted by Crippen LogP contribution is 2.30. The van der Waals surface area contributed by atoms with E-state index in [2.05, 4.69) is 5.32 Å². The Morgan fingerprint density at radius 1 is 1.16 bits per heavy atom. The van der Waals surface area contributed by atoms with Crippen molar-refractivity contribution in [2.75, 3.05) is 13.1 Å². The molecule has 1 aromatic carbocycles. The van der Waals surface area contributed by atoms with E-state index in [1.165, 1.54) is 12.1 Å². The van der Waals surface area contributed by atoms with Crippen molar-refractivity contribution >= 4 is 0 Å². The van der Waals surface area contributed by atoms with Gasteiger partial charge in [0.15, 0.2) is 0 Å². The lowest BCUT2D eigenvalue weighted by Crippen LogP contribution is -2.35. The summed E-state index contributed by atoms with van der Waals surface area (Å²) in [5, 5.41) is 3.18. The molecule has 0 saturated heterocycles. The van der Waals surface area contributed by atoms with Crippen LogP contribution in [0.25, 0.3) is 0 Å². The Labute approximate surface area is 112 Å². The summed E-state index contributed by atoms with van der Waals surface area (Å²) in [6, 6.07) is 4.81. The molecule has 0 amide bonds. The summed E-state index contributed by atoms with van der Waals surface area (Å²) < 4.78 is 43.0. The van der Waals surface area contributed by atoms with E-state index in [1.54, 1.807) is 0 Å². The first kappa shape index (κ1) is 15.8. The van der Waals surface area contributed by atoms with Gasteiger partial charge >= 0.3 is 6.18 Å². The lowest BCUT2D eigenvalue weighted by molar-refractivity contribution is -0.137. The van der Waals surface area contributed by atoms with Crippen molar-refractivity contribution in [1.82, 2.24) is 5.32 Å². The minimum atomic E-state index is -4.31. The Hall–Kier alpha value is -1.23. The van der Waals surface area contributed by atoms with Crippen LogP contribution in [-0.2, 0) is 6.18 Å². The molecule has 0 aliphatic heterocycles. The Morgan fingerprint density at radius 3 is 2.16 bits per heavy atom. The molecule has 0 aromatic heterocycles. The first-order valence-electron chi connectivity index (χ1n) is 6.39. The summed E-state index contributed by atoms with van der Waals surface area (Å²) in [5.74, 6) is 0.742. The Kier molecular flexibility index (Phi) is 5.66. The van der Waals surface area contributed by atoms with E-state index in [-0.39, 0.29) is 12.0 Å². The quantitative estimate of drug-likeness (QED) is 0.854. The molecule has 5 heteroatoms. The van der Waals surface area contributed by atoms with Gasteiger partial charge in [-0.3, -0.25) is 0 Å². The molecular formula is C14H20F3NO. The third-order valence-electron chi connectivity index (χ3n) is 2.81. The lowest BCUT2D eigenvalue weighted by Gasteiger charge is -2.23. The summed E-state index contributed by atoms with van der Waals surface area (Å²) >= 11 is 0. The normalized spacial score (nSPS) is 13.6. The van der Waals surface area contributed by atoms with Gasteiger partial charge in [0.25, 0.3) is 0 Å². The minimum absolute atomic E-state index is 0.0586. The molecule has 0 saturated carbocycles. The molecule has 1 aromatic rings. The van der Waals surface area contributed by atoms with E-state index in [9.17, 15) is 13.2 Å². The second-order valence-corrected chi connectivity index (χ2v) is 4.73. The largest absolute Gasteiger partial charge is 0.489 e. The number of likely N-dealkylation sites (N-methyl/N-ethyl adjacent to an activating group) is 1. The van der Waals surface area contributed by atoms with Crippen LogP contribution in [0, 0.1) is 5.92 Å². The van der Waals surface area contributed by atoms with Crippen molar-refractivity contribution in [3.63, 3.8) is 0 Å². The molecule has 0 fully saturated rings. The Bertz CT molecular complexity index is 373. The van der Waals surface area contributed by atoms with Gasteiger partial charge in [0.2, 0.25) is 0 Å². The van der Waals surface area contributed by atoms with Crippen LogP contribution in [0.4, 0.5) is 13.2 Å². The zero-order chi connectivity index (χ0) is 14.5. The summed E-state index contributed by atoms with van der Waals surface area (Å²) in [4.78, 5) is 0. The number of alkyl halides is 3. The number of hydrogen-bond acceptors (Lipinski definition) is 2. The van der Waals surface area contributed by atoms with Crippen molar-refractivity contribution in [2.45, 2.75) is 33.1 Å². The van der Waals surface area contributed by atoms with Gasteiger partial charge in [-0.1, -0.05) is 20.8 Å². The van der Waals surface area contributed by atoms with E-state index in [1.807, 2.05) is 20.8 Å².